The van der Waals surface area contributed by atoms with E-state index in [0.717, 1.165) is 16.0 Å². The van der Waals surface area contributed by atoms with Crippen LogP contribution in [-0.4, -0.2) is 10.2 Å². The number of hydrogen-bond acceptors (Lipinski definition) is 3. The number of H-pyrrole nitrogens is 1. The van der Waals surface area contributed by atoms with Crippen LogP contribution < -0.4 is 5.32 Å². The third kappa shape index (κ3) is 2.32. The van der Waals surface area contributed by atoms with Crippen molar-refractivity contribution in [3.8, 4) is 0 Å². The molecule has 0 spiro atoms. The normalized spacial score (nSPS) is 10.2. The van der Waals surface area contributed by atoms with Crippen molar-refractivity contribution in [1.82, 2.24) is 10.2 Å². The van der Waals surface area contributed by atoms with E-state index >= 15 is 0 Å². The van der Waals surface area contributed by atoms with Crippen LogP contribution in [-0.2, 0) is 6.54 Å². The fraction of sp³-hybridized carbons (Fsp3) is 0.125. The second-order valence-corrected chi connectivity index (χ2v) is 5.09. The highest BCUT2D eigenvalue weighted by Gasteiger charge is 1.97. The molecule has 0 bridgehead atoms. The predicted molar refractivity (Wildman–Crippen MR) is 57.9 cm³/mol. The Bertz CT molecular complexity index is 368. The lowest BCUT2D eigenvalue weighted by atomic mass is 10.4. The fourth-order valence-corrected chi connectivity index (χ4v) is 2.41. The van der Waals surface area contributed by atoms with Gasteiger partial charge in [0.1, 0.15) is 0 Å². The second-order valence-electron chi connectivity index (χ2n) is 2.55. The van der Waals surface area contributed by atoms with Crippen LogP contribution in [0, 0.1) is 0 Å². The first-order valence-corrected chi connectivity index (χ1v) is 5.42. The first-order valence-electron chi connectivity index (χ1n) is 3.81. The maximum atomic E-state index is 3.85. The van der Waals surface area contributed by atoms with Crippen molar-refractivity contribution in [2.24, 2.45) is 0 Å². The fourth-order valence-electron chi connectivity index (χ4n) is 0.983. The van der Waals surface area contributed by atoms with Gasteiger partial charge in [0.15, 0.2) is 0 Å². The van der Waals surface area contributed by atoms with Gasteiger partial charge in [-0.25, -0.2) is 0 Å². The minimum Gasteiger partial charge on any atom is -0.378 e. The molecule has 0 aliphatic carbocycles. The van der Waals surface area contributed by atoms with Crippen molar-refractivity contribution in [2.45, 2.75) is 6.54 Å². The summed E-state index contributed by atoms with van der Waals surface area (Å²) in [6, 6.07) is 4.15. The molecule has 2 heterocycles. The number of nitrogens with zero attached hydrogens (tertiary/aromatic N) is 1. The molecular weight excluding hydrogens is 250 g/mol. The maximum Gasteiger partial charge on any atom is 0.0726 e. The summed E-state index contributed by atoms with van der Waals surface area (Å²) < 4.78 is 1.16. The summed E-state index contributed by atoms with van der Waals surface area (Å²) in [5, 5.41) is 9.85. The molecule has 0 fully saturated rings. The highest BCUT2D eigenvalue weighted by atomic mass is 79.9. The van der Waals surface area contributed by atoms with Gasteiger partial charge in [-0.05, 0) is 28.1 Å². The summed E-state index contributed by atoms with van der Waals surface area (Å²) in [4.78, 5) is 1.30. The van der Waals surface area contributed by atoms with E-state index in [2.05, 4.69) is 43.6 Å². The molecule has 0 unspecified atom stereocenters. The van der Waals surface area contributed by atoms with Gasteiger partial charge >= 0.3 is 0 Å². The average molecular weight is 258 g/mol. The quantitative estimate of drug-likeness (QED) is 0.888. The monoisotopic (exact) mass is 257 g/mol. The number of nitrogens with one attached hydrogen (secondary N) is 2. The molecule has 0 radical (unpaired) electrons. The number of aromatic nitrogens is 2. The van der Waals surface area contributed by atoms with Crippen LogP contribution in [0.2, 0.25) is 0 Å². The molecule has 0 aliphatic rings. The third-order valence-electron chi connectivity index (χ3n) is 1.59. The van der Waals surface area contributed by atoms with E-state index in [0.29, 0.717) is 0 Å². The number of halogens is 1. The van der Waals surface area contributed by atoms with Crippen LogP contribution in [0.1, 0.15) is 4.88 Å². The van der Waals surface area contributed by atoms with Gasteiger partial charge in [-0.1, -0.05) is 0 Å². The topological polar surface area (TPSA) is 40.7 Å². The van der Waals surface area contributed by atoms with E-state index in [1.165, 1.54) is 4.88 Å². The number of anilines is 1. The standard InChI is InChI=1S/C8H8BrN3S/c9-8-2-1-7(13-8)5-10-6-3-11-12-4-6/h1-4,10H,5H2,(H,11,12). The Morgan fingerprint density at radius 1 is 1.54 bits per heavy atom. The summed E-state index contributed by atoms with van der Waals surface area (Å²) >= 11 is 5.16. The van der Waals surface area contributed by atoms with Crippen molar-refractivity contribution < 1.29 is 0 Å². The van der Waals surface area contributed by atoms with Crippen LogP contribution in [0.15, 0.2) is 28.3 Å². The van der Waals surface area contributed by atoms with Crippen LogP contribution in [0.25, 0.3) is 0 Å². The Hall–Kier alpha value is -0.810. The second kappa shape index (κ2) is 3.93. The number of rotatable bonds is 3. The highest BCUT2D eigenvalue weighted by Crippen LogP contribution is 2.22. The van der Waals surface area contributed by atoms with E-state index in [9.17, 15) is 0 Å². The smallest absolute Gasteiger partial charge is 0.0726 e. The molecule has 3 nitrogen and oxygen atoms in total. The number of thiophene rings is 1. The molecule has 13 heavy (non-hydrogen) atoms. The zero-order valence-corrected chi connectivity index (χ0v) is 9.15. The lowest BCUT2D eigenvalue weighted by Gasteiger charge is -1.98. The van der Waals surface area contributed by atoms with E-state index in [1.807, 2.05) is 6.20 Å². The summed E-state index contributed by atoms with van der Waals surface area (Å²) in [5.74, 6) is 0. The van der Waals surface area contributed by atoms with E-state index in [-0.39, 0.29) is 0 Å². The van der Waals surface area contributed by atoms with Crippen molar-refractivity contribution in [3.63, 3.8) is 0 Å². The van der Waals surface area contributed by atoms with Gasteiger partial charge in [0, 0.05) is 17.6 Å². The van der Waals surface area contributed by atoms with Crippen LogP contribution >= 0.6 is 27.3 Å². The van der Waals surface area contributed by atoms with Crippen LogP contribution in [0.3, 0.4) is 0 Å². The van der Waals surface area contributed by atoms with E-state index in [1.54, 1.807) is 17.5 Å². The molecule has 0 saturated heterocycles. The Morgan fingerprint density at radius 2 is 2.46 bits per heavy atom. The summed E-state index contributed by atoms with van der Waals surface area (Å²) in [6.45, 7) is 0.843. The molecule has 0 atom stereocenters. The van der Waals surface area contributed by atoms with Gasteiger partial charge in [-0.15, -0.1) is 11.3 Å². The van der Waals surface area contributed by atoms with Crippen molar-refractivity contribution >= 4 is 33.0 Å². The lowest BCUT2D eigenvalue weighted by molar-refractivity contribution is 1.09. The Kier molecular flexibility index (Phi) is 2.65. The molecule has 5 heteroatoms. The molecule has 0 amide bonds. The first-order chi connectivity index (χ1) is 6.34. The Morgan fingerprint density at radius 3 is 3.08 bits per heavy atom. The lowest BCUT2D eigenvalue weighted by Crippen LogP contribution is -1.95. The van der Waals surface area contributed by atoms with Crippen LogP contribution in [0.5, 0.6) is 0 Å². The van der Waals surface area contributed by atoms with E-state index < -0.39 is 0 Å². The summed E-state index contributed by atoms with van der Waals surface area (Å²) in [6.07, 6.45) is 3.60. The van der Waals surface area contributed by atoms with Crippen molar-refractivity contribution in [3.05, 3.63) is 33.2 Å². The Labute approximate surface area is 88.3 Å². The van der Waals surface area contributed by atoms with Gasteiger partial charge in [0.2, 0.25) is 0 Å². The summed E-state index contributed by atoms with van der Waals surface area (Å²) in [5.41, 5.74) is 1.02. The number of hydrogen-bond donors (Lipinski definition) is 2. The minimum atomic E-state index is 0.843. The van der Waals surface area contributed by atoms with Crippen molar-refractivity contribution in [2.75, 3.05) is 5.32 Å². The zero-order chi connectivity index (χ0) is 9.10. The van der Waals surface area contributed by atoms with Gasteiger partial charge in [-0.2, -0.15) is 5.10 Å². The van der Waals surface area contributed by atoms with Crippen LogP contribution in [0.4, 0.5) is 5.69 Å². The Balaban J connectivity index is 1.93. The van der Waals surface area contributed by atoms with Gasteiger partial charge in [0.25, 0.3) is 0 Å². The molecule has 0 aromatic carbocycles. The first kappa shape index (κ1) is 8.77. The molecule has 2 rings (SSSR count). The predicted octanol–water partition coefficient (Wildman–Crippen LogP) is 2.85. The van der Waals surface area contributed by atoms with Gasteiger partial charge in [-0.3, -0.25) is 5.10 Å². The van der Waals surface area contributed by atoms with E-state index in [4.69, 9.17) is 0 Å². The molecule has 2 N–H and O–H groups in total. The molecule has 2 aromatic heterocycles. The van der Waals surface area contributed by atoms with Gasteiger partial charge < -0.3 is 5.32 Å². The molecule has 0 aliphatic heterocycles. The zero-order valence-electron chi connectivity index (χ0n) is 6.75. The largest absolute Gasteiger partial charge is 0.378 e. The average Bonchev–Trinajstić information content (AvgIpc) is 2.71. The van der Waals surface area contributed by atoms with Gasteiger partial charge in [0.05, 0.1) is 15.7 Å². The molecular formula is C8H8BrN3S. The molecule has 2 aromatic rings. The third-order valence-corrected chi connectivity index (χ3v) is 3.22. The highest BCUT2D eigenvalue weighted by molar-refractivity contribution is 9.11. The minimum absolute atomic E-state index is 0.843. The van der Waals surface area contributed by atoms with Crippen molar-refractivity contribution in [1.29, 1.82) is 0 Å². The number of aromatic amines is 1. The molecule has 0 saturated carbocycles. The summed E-state index contributed by atoms with van der Waals surface area (Å²) in [7, 11) is 0. The maximum absolute atomic E-state index is 3.85. The SMILES string of the molecule is Brc1ccc(CNc2cn[nH]c2)s1. The molecule has 68 valence electrons.